The topological polar surface area (TPSA) is 59.4 Å². The lowest BCUT2D eigenvalue weighted by atomic mass is 10.1. The van der Waals surface area contributed by atoms with Gasteiger partial charge in [-0.2, -0.15) is 5.10 Å². The summed E-state index contributed by atoms with van der Waals surface area (Å²) in [4.78, 5) is 15.1. The van der Waals surface area contributed by atoms with E-state index in [1.54, 1.807) is 10.9 Å². The highest BCUT2D eigenvalue weighted by atomic mass is 16.5. The molecule has 0 radical (unpaired) electrons. The van der Waals surface area contributed by atoms with Crippen molar-refractivity contribution in [1.82, 2.24) is 20.0 Å². The third kappa shape index (κ3) is 5.82. The summed E-state index contributed by atoms with van der Waals surface area (Å²) in [6.07, 6.45) is 4.51. The molecule has 1 N–H and O–H groups in total. The van der Waals surface area contributed by atoms with Gasteiger partial charge in [0, 0.05) is 43.2 Å². The van der Waals surface area contributed by atoms with E-state index in [9.17, 15) is 4.79 Å². The van der Waals surface area contributed by atoms with Crippen molar-refractivity contribution >= 4 is 5.91 Å². The summed E-state index contributed by atoms with van der Waals surface area (Å²) in [6.45, 7) is 5.12. The Kier molecular flexibility index (Phi) is 7.12. The molecular weight excluding hydrogens is 388 g/mol. The average Bonchev–Trinajstić information content (AvgIpc) is 3.36. The van der Waals surface area contributed by atoms with Gasteiger partial charge in [-0.05, 0) is 49.4 Å². The fraction of sp³-hybridized carbons (Fsp3) is 0.280. The summed E-state index contributed by atoms with van der Waals surface area (Å²) in [7, 11) is 0. The van der Waals surface area contributed by atoms with Crippen molar-refractivity contribution in [3.8, 4) is 17.5 Å². The number of morpholine rings is 1. The molecule has 1 fully saturated rings. The highest BCUT2D eigenvalue weighted by molar-refractivity contribution is 5.95. The summed E-state index contributed by atoms with van der Waals surface area (Å²) in [6, 6.07) is 17.2. The molecule has 0 spiro atoms. The molecule has 1 saturated heterocycles. The fourth-order valence-electron chi connectivity index (χ4n) is 3.48. The smallest absolute Gasteiger partial charge is 0.251 e. The van der Waals surface area contributed by atoms with Crippen molar-refractivity contribution < 1.29 is 9.53 Å². The number of nitrogens with one attached hydrogen (secondary N) is 1. The van der Waals surface area contributed by atoms with E-state index < -0.39 is 0 Å². The molecule has 0 atom stereocenters. The van der Waals surface area contributed by atoms with Gasteiger partial charge in [0.05, 0.1) is 24.5 Å². The van der Waals surface area contributed by atoms with E-state index in [-0.39, 0.29) is 5.91 Å². The molecule has 6 heteroatoms. The Morgan fingerprint density at radius 1 is 1.06 bits per heavy atom. The number of carbonyl (C=O) groups is 1. The minimum atomic E-state index is -0.0863. The van der Waals surface area contributed by atoms with Crippen LogP contribution in [0.1, 0.15) is 27.9 Å². The van der Waals surface area contributed by atoms with Crippen molar-refractivity contribution in [2.75, 3.05) is 39.4 Å². The second-order valence-corrected chi connectivity index (χ2v) is 7.36. The van der Waals surface area contributed by atoms with Crippen molar-refractivity contribution in [3.05, 3.63) is 83.7 Å². The largest absolute Gasteiger partial charge is 0.379 e. The first-order chi connectivity index (χ1) is 15.3. The van der Waals surface area contributed by atoms with Crippen LogP contribution in [-0.2, 0) is 4.74 Å². The average molecular weight is 415 g/mol. The third-order valence-electron chi connectivity index (χ3n) is 5.17. The molecule has 0 aliphatic carbocycles. The van der Waals surface area contributed by atoms with E-state index >= 15 is 0 Å². The van der Waals surface area contributed by atoms with Gasteiger partial charge in [0.25, 0.3) is 5.91 Å². The van der Waals surface area contributed by atoms with Crippen LogP contribution in [0.2, 0.25) is 0 Å². The number of hydrogen-bond donors (Lipinski definition) is 1. The number of carbonyl (C=O) groups excluding carboxylic acids is 1. The maximum absolute atomic E-state index is 12.7. The standard InChI is InChI=1S/C25H26N4O2/c30-25(26-12-4-14-28-16-18-31-19-17-28)23-10-11-24(29-15-5-13-27-29)22(20-23)9-8-21-6-2-1-3-7-21/h1-3,5-7,10-11,13,15,20H,4,12,14,16-19H2,(H,26,30). The zero-order chi connectivity index (χ0) is 21.3. The highest BCUT2D eigenvalue weighted by Gasteiger charge is 2.12. The van der Waals surface area contributed by atoms with Gasteiger partial charge in [-0.25, -0.2) is 4.68 Å². The normalized spacial score (nSPS) is 13.9. The van der Waals surface area contributed by atoms with Gasteiger partial charge in [-0.15, -0.1) is 0 Å². The van der Waals surface area contributed by atoms with Gasteiger partial charge in [-0.3, -0.25) is 9.69 Å². The summed E-state index contributed by atoms with van der Waals surface area (Å²) >= 11 is 0. The Hall–Kier alpha value is -3.40. The molecule has 0 bridgehead atoms. The van der Waals surface area contributed by atoms with Crippen LogP contribution in [0, 0.1) is 11.8 Å². The minimum Gasteiger partial charge on any atom is -0.379 e. The number of nitrogens with zero attached hydrogens (tertiary/aromatic N) is 3. The maximum atomic E-state index is 12.7. The fourth-order valence-corrected chi connectivity index (χ4v) is 3.48. The van der Waals surface area contributed by atoms with E-state index in [4.69, 9.17) is 4.74 Å². The second kappa shape index (κ2) is 10.6. The lowest BCUT2D eigenvalue weighted by Gasteiger charge is -2.26. The molecule has 1 aromatic heterocycles. The summed E-state index contributed by atoms with van der Waals surface area (Å²) < 4.78 is 7.13. The van der Waals surface area contributed by atoms with Gasteiger partial charge in [-0.1, -0.05) is 30.0 Å². The molecule has 1 aliphatic heterocycles. The van der Waals surface area contributed by atoms with E-state index in [2.05, 4.69) is 27.2 Å². The van der Waals surface area contributed by atoms with E-state index in [0.29, 0.717) is 12.1 Å². The van der Waals surface area contributed by atoms with Crippen LogP contribution in [0.3, 0.4) is 0 Å². The van der Waals surface area contributed by atoms with Crippen molar-refractivity contribution in [2.45, 2.75) is 6.42 Å². The first kappa shape index (κ1) is 20.9. The number of aromatic nitrogens is 2. The molecule has 158 valence electrons. The lowest BCUT2D eigenvalue weighted by molar-refractivity contribution is 0.0374. The van der Waals surface area contributed by atoms with Gasteiger partial charge >= 0.3 is 0 Å². The molecule has 6 nitrogen and oxygen atoms in total. The van der Waals surface area contributed by atoms with Gasteiger partial charge in [0.2, 0.25) is 0 Å². The van der Waals surface area contributed by atoms with Crippen molar-refractivity contribution in [1.29, 1.82) is 0 Å². The SMILES string of the molecule is O=C(NCCCN1CCOCC1)c1ccc(-n2cccn2)c(C#Cc2ccccc2)c1. The zero-order valence-electron chi connectivity index (χ0n) is 17.5. The van der Waals surface area contributed by atoms with Crippen LogP contribution in [0.5, 0.6) is 0 Å². The first-order valence-corrected chi connectivity index (χ1v) is 10.6. The monoisotopic (exact) mass is 414 g/mol. The predicted octanol–water partition coefficient (Wildman–Crippen LogP) is 2.72. The second-order valence-electron chi connectivity index (χ2n) is 7.36. The summed E-state index contributed by atoms with van der Waals surface area (Å²) in [5, 5.41) is 7.34. The van der Waals surface area contributed by atoms with E-state index in [1.807, 2.05) is 60.8 Å². The van der Waals surface area contributed by atoms with Crippen molar-refractivity contribution in [2.24, 2.45) is 0 Å². The molecule has 0 unspecified atom stereocenters. The molecule has 2 aromatic carbocycles. The van der Waals surface area contributed by atoms with Crippen LogP contribution in [-0.4, -0.2) is 60.0 Å². The minimum absolute atomic E-state index is 0.0863. The number of amides is 1. The Labute approximate surface area is 182 Å². The molecular formula is C25H26N4O2. The molecule has 0 saturated carbocycles. The van der Waals surface area contributed by atoms with Gasteiger partial charge < -0.3 is 10.1 Å². The Bertz CT molecular complexity index is 1050. The summed E-state index contributed by atoms with van der Waals surface area (Å²) in [5.74, 6) is 6.31. The molecule has 4 rings (SSSR count). The third-order valence-corrected chi connectivity index (χ3v) is 5.17. The lowest BCUT2D eigenvalue weighted by Crippen LogP contribution is -2.38. The van der Waals surface area contributed by atoms with Crippen molar-refractivity contribution in [3.63, 3.8) is 0 Å². The van der Waals surface area contributed by atoms with E-state index in [1.165, 1.54) is 0 Å². The van der Waals surface area contributed by atoms with Crippen LogP contribution >= 0.6 is 0 Å². The van der Waals surface area contributed by atoms with Crippen LogP contribution in [0.4, 0.5) is 0 Å². The zero-order valence-corrected chi connectivity index (χ0v) is 17.5. The van der Waals surface area contributed by atoms with Crippen LogP contribution < -0.4 is 5.32 Å². The number of rotatable bonds is 6. The van der Waals surface area contributed by atoms with Crippen LogP contribution in [0.25, 0.3) is 5.69 Å². The number of ether oxygens (including phenoxy) is 1. The number of hydrogen-bond acceptors (Lipinski definition) is 4. The molecule has 2 heterocycles. The van der Waals surface area contributed by atoms with Gasteiger partial charge in [0.1, 0.15) is 0 Å². The highest BCUT2D eigenvalue weighted by Crippen LogP contribution is 2.16. The quantitative estimate of drug-likeness (QED) is 0.498. The molecule has 3 aromatic rings. The van der Waals surface area contributed by atoms with E-state index in [0.717, 1.165) is 56.1 Å². The van der Waals surface area contributed by atoms with Crippen LogP contribution in [0.15, 0.2) is 67.0 Å². The van der Waals surface area contributed by atoms with Gasteiger partial charge in [0.15, 0.2) is 0 Å². The number of benzene rings is 2. The Morgan fingerprint density at radius 2 is 1.90 bits per heavy atom. The maximum Gasteiger partial charge on any atom is 0.251 e. The Balaban J connectivity index is 1.45. The summed E-state index contributed by atoms with van der Waals surface area (Å²) in [5.41, 5.74) is 3.12. The Morgan fingerprint density at radius 3 is 2.68 bits per heavy atom. The molecule has 1 amide bonds. The molecule has 31 heavy (non-hydrogen) atoms. The molecule has 1 aliphatic rings. The first-order valence-electron chi connectivity index (χ1n) is 10.6. The predicted molar refractivity (Wildman–Crippen MR) is 120 cm³/mol.